The minimum Gasteiger partial charge on any atom is -0.446 e. The van der Waals surface area contributed by atoms with Gasteiger partial charge in [-0.05, 0) is 39.3 Å². The van der Waals surface area contributed by atoms with Gasteiger partial charge in [0, 0.05) is 17.8 Å². The summed E-state index contributed by atoms with van der Waals surface area (Å²) in [6, 6.07) is 6.54. The first kappa shape index (κ1) is 16.8. The van der Waals surface area contributed by atoms with Crippen LogP contribution in [0.2, 0.25) is 0 Å². The van der Waals surface area contributed by atoms with Crippen molar-refractivity contribution < 1.29 is 19.1 Å². The second kappa shape index (κ2) is 8.14. The van der Waals surface area contributed by atoms with Gasteiger partial charge < -0.3 is 14.8 Å². The maximum atomic E-state index is 11.6. The van der Waals surface area contributed by atoms with E-state index in [-0.39, 0.29) is 12.1 Å². The van der Waals surface area contributed by atoms with Crippen molar-refractivity contribution >= 4 is 17.9 Å². The molecule has 0 saturated heterocycles. The van der Waals surface area contributed by atoms with E-state index in [1.54, 1.807) is 24.3 Å². The van der Waals surface area contributed by atoms with Gasteiger partial charge in [0.1, 0.15) is 11.9 Å². The average molecular weight is 294 g/mol. The van der Waals surface area contributed by atoms with E-state index in [4.69, 9.17) is 9.47 Å². The Morgan fingerprint density at radius 2 is 1.90 bits per heavy atom. The summed E-state index contributed by atoms with van der Waals surface area (Å²) in [6.07, 6.45) is -0.481. The van der Waals surface area contributed by atoms with Crippen molar-refractivity contribution in [3.8, 4) is 5.75 Å². The smallest absolute Gasteiger partial charge is 0.412 e. The zero-order valence-electron chi connectivity index (χ0n) is 12.8. The monoisotopic (exact) mass is 294 g/mol. The van der Waals surface area contributed by atoms with E-state index >= 15 is 0 Å². The van der Waals surface area contributed by atoms with Crippen molar-refractivity contribution in [1.29, 1.82) is 0 Å². The Morgan fingerprint density at radius 3 is 2.52 bits per heavy atom. The third-order valence-electron chi connectivity index (χ3n) is 2.58. The van der Waals surface area contributed by atoms with Crippen molar-refractivity contribution in [2.45, 2.75) is 46.3 Å². The van der Waals surface area contributed by atoms with E-state index in [1.165, 1.54) is 0 Å². The second-order valence-electron chi connectivity index (χ2n) is 4.97. The predicted molar refractivity (Wildman–Crippen MR) is 80.6 cm³/mol. The van der Waals surface area contributed by atoms with Crippen molar-refractivity contribution in [3.05, 3.63) is 24.3 Å². The lowest BCUT2D eigenvalue weighted by atomic mass is 10.3. The second-order valence-corrected chi connectivity index (χ2v) is 4.97. The predicted octanol–water partition coefficient (Wildman–Crippen LogP) is 3.53. The maximum Gasteiger partial charge on any atom is 0.412 e. The summed E-state index contributed by atoms with van der Waals surface area (Å²) in [5.74, 6) is 0.342. The van der Waals surface area contributed by atoms with Gasteiger partial charge in [0.2, 0.25) is 0 Å². The number of amides is 2. The Balaban J connectivity index is 2.60. The summed E-state index contributed by atoms with van der Waals surface area (Å²) in [7, 11) is 0. The number of anilines is 1. The number of carbonyl (C=O) groups excluding carboxylic acids is 2. The van der Waals surface area contributed by atoms with Gasteiger partial charge in [-0.3, -0.25) is 5.32 Å². The van der Waals surface area contributed by atoms with Crippen LogP contribution in [0.5, 0.6) is 5.75 Å². The summed E-state index contributed by atoms with van der Waals surface area (Å²) >= 11 is 0. The molecule has 0 heterocycles. The van der Waals surface area contributed by atoms with Crippen molar-refractivity contribution in [3.63, 3.8) is 0 Å². The highest BCUT2D eigenvalue weighted by molar-refractivity contribution is 5.85. The Labute approximate surface area is 124 Å². The number of hydrogen-bond acceptors (Lipinski definition) is 4. The van der Waals surface area contributed by atoms with Crippen LogP contribution in [0, 0.1) is 0 Å². The standard InChI is InChI=1S/C15H22N2O4/c1-5-11(4)20-15(19)17-12-7-6-8-13(9-12)21-14(18)16-10(2)3/h6-11H,5H2,1-4H3,(H,16,18)(H,17,19)/t11-/m1/s1. The SMILES string of the molecule is CC[C@@H](C)OC(=O)Nc1cccc(OC(=O)NC(C)C)c1. The fourth-order valence-electron chi connectivity index (χ4n) is 1.42. The molecule has 0 aliphatic carbocycles. The molecule has 21 heavy (non-hydrogen) atoms. The van der Waals surface area contributed by atoms with Gasteiger partial charge in [-0.25, -0.2) is 9.59 Å². The number of ether oxygens (including phenoxy) is 2. The van der Waals surface area contributed by atoms with E-state index in [9.17, 15) is 9.59 Å². The fraction of sp³-hybridized carbons (Fsp3) is 0.467. The van der Waals surface area contributed by atoms with E-state index in [0.29, 0.717) is 11.4 Å². The highest BCUT2D eigenvalue weighted by Gasteiger charge is 2.10. The molecule has 0 spiro atoms. The first-order valence-electron chi connectivity index (χ1n) is 6.96. The minimum atomic E-state index is -0.538. The molecule has 6 heteroatoms. The molecular weight excluding hydrogens is 272 g/mol. The van der Waals surface area contributed by atoms with Gasteiger partial charge in [0.25, 0.3) is 0 Å². The van der Waals surface area contributed by atoms with Gasteiger partial charge in [0.15, 0.2) is 0 Å². The quantitative estimate of drug-likeness (QED) is 0.871. The maximum absolute atomic E-state index is 11.6. The van der Waals surface area contributed by atoms with E-state index in [0.717, 1.165) is 6.42 Å². The lowest BCUT2D eigenvalue weighted by Gasteiger charge is -2.13. The van der Waals surface area contributed by atoms with Crippen LogP contribution < -0.4 is 15.4 Å². The van der Waals surface area contributed by atoms with Crippen LogP contribution in [0.3, 0.4) is 0 Å². The number of hydrogen-bond donors (Lipinski definition) is 2. The summed E-state index contributed by atoms with van der Waals surface area (Å²) in [5.41, 5.74) is 0.498. The summed E-state index contributed by atoms with van der Waals surface area (Å²) in [4.78, 5) is 23.1. The molecule has 2 amide bonds. The summed E-state index contributed by atoms with van der Waals surface area (Å²) < 4.78 is 10.2. The molecule has 0 radical (unpaired) electrons. The van der Waals surface area contributed by atoms with E-state index in [2.05, 4.69) is 10.6 Å². The van der Waals surface area contributed by atoms with Gasteiger partial charge in [-0.15, -0.1) is 0 Å². The number of carbonyl (C=O) groups is 2. The minimum absolute atomic E-state index is 0.00989. The normalized spacial score (nSPS) is 11.7. The zero-order chi connectivity index (χ0) is 15.8. The molecule has 1 atom stereocenters. The third-order valence-corrected chi connectivity index (χ3v) is 2.58. The molecule has 2 N–H and O–H groups in total. The molecular formula is C15H22N2O4. The molecule has 1 rings (SSSR count). The molecule has 0 aliphatic heterocycles. The van der Waals surface area contributed by atoms with Gasteiger partial charge in [0.05, 0.1) is 0 Å². The first-order valence-corrected chi connectivity index (χ1v) is 6.96. The number of benzene rings is 1. The highest BCUT2D eigenvalue weighted by Crippen LogP contribution is 2.18. The van der Waals surface area contributed by atoms with E-state index in [1.807, 2.05) is 27.7 Å². The van der Waals surface area contributed by atoms with Crippen LogP contribution in [0.4, 0.5) is 15.3 Å². The topological polar surface area (TPSA) is 76.7 Å². The summed E-state index contributed by atoms with van der Waals surface area (Å²) in [6.45, 7) is 7.42. The van der Waals surface area contributed by atoms with Crippen molar-refractivity contribution in [2.75, 3.05) is 5.32 Å². The van der Waals surface area contributed by atoms with Crippen LogP contribution in [0.25, 0.3) is 0 Å². The third kappa shape index (κ3) is 6.65. The van der Waals surface area contributed by atoms with Crippen LogP contribution in [-0.2, 0) is 4.74 Å². The Hall–Kier alpha value is -2.24. The fourth-order valence-corrected chi connectivity index (χ4v) is 1.42. The number of rotatable bonds is 5. The van der Waals surface area contributed by atoms with Crippen LogP contribution >= 0.6 is 0 Å². The van der Waals surface area contributed by atoms with Gasteiger partial charge >= 0.3 is 12.2 Å². The van der Waals surface area contributed by atoms with Crippen molar-refractivity contribution in [2.24, 2.45) is 0 Å². The first-order chi connectivity index (χ1) is 9.90. The lowest BCUT2D eigenvalue weighted by molar-refractivity contribution is 0.118. The van der Waals surface area contributed by atoms with Crippen LogP contribution in [-0.4, -0.2) is 24.3 Å². The molecule has 116 valence electrons. The molecule has 0 bridgehead atoms. The highest BCUT2D eigenvalue weighted by atomic mass is 16.6. The van der Waals surface area contributed by atoms with Crippen LogP contribution in [0.15, 0.2) is 24.3 Å². The Bertz CT molecular complexity index is 488. The Morgan fingerprint density at radius 1 is 1.19 bits per heavy atom. The molecule has 1 aromatic rings. The number of nitrogens with one attached hydrogen (secondary N) is 2. The molecule has 0 unspecified atom stereocenters. The summed E-state index contributed by atoms with van der Waals surface area (Å²) in [5, 5.41) is 5.20. The van der Waals surface area contributed by atoms with Gasteiger partial charge in [-0.1, -0.05) is 13.0 Å². The average Bonchev–Trinajstić information content (AvgIpc) is 2.37. The molecule has 0 aromatic heterocycles. The molecule has 0 aliphatic rings. The molecule has 0 saturated carbocycles. The lowest BCUT2D eigenvalue weighted by Crippen LogP contribution is -2.32. The van der Waals surface area contributed by atoms with Gasteiger partial charge in [-0.2, -0.15) is 0 Å². The zero-order valence-corrected chi connectivity index (χ0v) is 12.8. The Kier molecular flexibility index (Phi) is 6.52. The van der Waals surface area contributed by atoms with E-state index < -0.39 is 12.2 Å². The molecule has 6 nitrogen and oxygen atoms in total. The largest absolute Gasteiger partial charge is 0.446 e. The molecule has 0 fully saturated rings. The molecule has 1 aromatic carbocycles. The van der Waals surface area contributed by atoms with Crippen LogP contribution in [0.1, 0.15) is 34.1 Å². The van der Waals surface area contributed by atoms with Crippen molar-refractivity contribution in [1.82, 2.24) is 5.32 Å².